The highest BCUT2D eigenvalue weighted by Gasteiger charge is 2.17. The minimum atomic E-state index is 0.0213. The van der Waals surface area contributed by atoms with E-state index in [2.05, 4.69) is 23.1 Å². The van der Waals surface area contributed by atoms with Crippen LogP contribution in [-0.2, 0) is 4.84 Å². The van der Waals surface area contributed by atoms with E-state index in [-0.39, 0.29) is 6.17 Å². The van der Waals surface area contributed by atoms with Gasteiger partial charge in [0.2, 0.25) is 5.90 Å². The Morgan fingerprint density at radius 1 is 1.50 bits per heavy atom. The molecule has 1 aromatic carbocycles. The molecule has 0 aromatic heterocycles. The highest BCUT2D eigenvalue weighted by molar-refractivity contribution is 7.80. The zero-order valence-electron chi connectivity index (χ0n) is 8.11. The molecule has 0 fully saturated rings. The zero-order valence-corrected chi connectivity index (χ0v) is 9.01. The number of nitrogens with one attached hydrogen (secondary N) is 1. The summed E-state index contributed by atoms with van der Waals surface area (Å²) in [5, 5.41) is 0. The fourth-order valence-electron chi connectivity index (χ4n) is 1.33. The minimum Gasteiger partial charge on any atom is -0.386 e. The van der Waals surface area contributed by atoms with E-state index in [1.54, 1.807) is 0 Å². The lowest BCUT2D eigenvalue weighted by atomic mass is 10.1. The van der Waals surface area contributed by atoms with Crippen LogP contribution in [0.1, 0.15) is 18.1 Å². The van der Waals surface area contributed by atoms with Crippen molar-refractivity contribution in [2.45, 2.75) is 24.9 Å². The van der Waals surface area contributed by atoms with Gasteiger partial charge in [0.15, 0.2) is 0 Å². The van der Waals surface area contributed by atoms with Crippen molar-refractivity contribution in [2.24, 2.45) is 4.99 Å². The van der Waals surface area contributed by atoms with E-state index in [9.17, 15) is 0 Å². The molecule has 0 spiro atoms. The molecule has 1 aliphatic rings. The van der Waals surface area contributed by atoms with Crippen LogP contribution in [0.5, 0.6) is 0 Å². The first-order valence-corrected chi connectivity index (χ1v) is 4.91. The van der Waals surface area contributed by atoms with E-state index in [0.29, 0.717) is 5.90 Å². The van der Waals surface area contributed by atoms with Crippen molar-refractivity contribution in [3.8, 4) is 0 Å². The average molecular weight is 208 g/mol. The Labute approximate surface area is 88.6 Å². The molecule has 2 rings (SSSR count). The van der Waals surface area contributed by atoms with Gasteiger partial charge in [-0.25, -0.2) is 4.99 Å². The standard InChI is InChI=1S/C10H12N2OS/c1-6-3-4-8(14)5-9(6)10-11-7(2)12-13-10/h3-5,7,12,14H,1-2H3. The second kappa shape index (κ2) is 3.63. The first kappa shape index (κ1) is 9.55. The number of hydrogen-bond acceptors (Lipinski definition) is 4. The lowest BCUT2D eigenvalue weighted by Crippen LogP contribution is -2.17. The molecule has 14 heavy (non-hydrogen) atoms. The Kier molecular flexibility index (Phi) is 2.48. The number of rotatable bonds is 1. The number of aliphatic imine (C=N–C) groups is 1. The van der Waals surface area contributed by atoms with E-state index in [1.807, 2.05) is 32.0 Å². The summed E-state index contributed by atoms with van der Waals surface area (Å²) >= 11 is 4.29. The summed E-state index contributed by atoms with van der Waals surface area (Å²) in [7, 11) is 0. The van der Waals surface area contributed by atoms with Crippen molar-refractivity contribution in [3.05, 3.63) is 29.3 Å². The van der Waals surface area contributed by atoms with E-state index in [1.165, 1.54) is 0 Å². The third kappa shape index (κ3) is 1.76. The van der Waals surface area contributed by atoms with E-state index in [4.69, 9.17) is 4.84 Å². The number of hydrogen-bond donors (Lipinski definition) is 2. The van der Waals surface area contributed by atoms with Gasteiger partial charge in [-0.2, -0.15) is 0 Å². The molecule has 1 heterocycles. The summed E-state index contributed by atoms with van der Waals surface area (Å²) in [5.74, 6) is 0.644. The van der Waals surface area contributed by atoms with Gasteiger partial charge in [0, 0.05) is 10.5 Å². The van der Waals surface area contributed by atoms with E-state index in [0.717, 1.165) is 16.0 Å². The van der Waals surface area contributed by atoms with Gasteiger partial charge < -0.3 is 4.84 Å². The third-order valence-corrected chi connectivity index (χ3v) is 2.37. The fraction of sp³-hybridized carbons (Fsp3) is 0.300. The first-order valence-electron chi connectivity index (χ1n) is 4.47. The van der Waals surface area contributed by atoms with E-state index < -0.39 is 0 Å². The lowest BCUT2D eigenvalue weighted by Gasteiger charge is -2.05. The Hall–Kier alpha value is -1.00. The van der Waals surface area contributed by atoms with Gasteiger partial charge in [0.25, 0.3) is 0 Å². The molecule has 0 saturated heterocycles. The topological polar surface area (TPSA) is 33.6 Å². The molecule has 3 nitrogen and oxygen atoms in total. The molecule has 4 heteroatoms. The Bertz CT molecular complexity index is 390. The summed E-state index contributed by atoms with van der Waals surface area (Å²) in [5.41, 5.74) is 4.92. The van der Waals surface area contributed by atoms with Crippen LogP contribution in [-0.4, -0.2) is 12.1 Å². The highest BCUT2D eigenvalue weighted by atomic mass is 32.1. The van der Waals surface area contributed by atoms with Gasteiger partial charge in [-0.05, 0) is 31.5 Å². The normalized spacial score (nSPS) is 20.5. The maximum Gasteiger partial charge on any atom is 0.242 e. The van der Waals surface area contributed by atoms with Crippen LogP contribution in [0.25, 0.3) is 0 Å². The van der Waals surface area contributed by atoms with Gasteiger partial charge in [-0.15, -0.1) is 18.1 Å². The quantitative estimate of drug-likeness (QED) is 0.691. The molecule has 0 bridgehead atoms. The fourth-order valence-corrected chi connectivity index (χ4v) is 1.54. The number of thiol groups is 1. The number of benzene rings is 1. The largest absolute Gasteiger partial charge is 0.386 e. The predicted molar refractivity (Wildman–Crippen MR) is 58.7 cm³/mol. The SMILES string of the molecule is Cc1ccc(S)cc1C1=NC(C)NO1. The molecule has 0 aliphatic carbocycles. The summed E-state index contributed by atoms with van der Waals surface area (Å²) in [4.78, 5) is 10.5. The van der Waals surface area contributed by atoms with Crippen LogP contribution in [0, 0.1) is 6.92 Å². The second-order valence-corrected chi connectivity index (χ2v) is 3.85. The highest BCUT2D eigenvalue weighted by Crippen LogP contribution is 2.17. The molecule has 1 aromatic rings. The molecule has 74 valence electrons. The van der Waals surface area contributed by atoms with Gasteiger partial charge in [-0.1, -0.05) is 6.07 Å². The Balaban J connectivity index is 2.41. The van der Waals surface area contributed by atoms with Crippen LogP contribution >= 0.6 is 12.6 Å². The molecule has 0 amide bonds. The maximum absolute atomic E-state index is 5.25. The number of aryl methyl sites for hydroxylation is 1. The van der Waals surface area contributed by atoms with Gasteiger partial charge in [0.05, 0.1) is 0 Å². The molecule has 0 radical (unpaired) electrons. The molecule has 1 N–H and O–H groups in total. The second-order valence-electron chi connectivity index (χ2n) is 3.33. The zero-order chi connectivity index (χ0) is 10.1. The number of nitrogens with zero attached hydrogens (tertiary/aromatic N) is 1. The van der Waals surface area contributed by atoms with Crippen LogP contribution in [0.2, 0.25) is 0 Å². The summed E-state index contributed by atoms with van der Waals surface area (Å²) in [6.45, 7) is 3.96. The van der Waals surface area contributed by atoms with Crippen LogP contribution in [0.3, 0.4) is 0 Å². The Morgan fingerprint density at radius 2 is 2.29 bits per heavy atom. The molecule has 1 aliphatic heterocycles. The van der Waals surface area contributed by atoms with Crippen molar-refractivity contribution in [2.75, 3.05) is 0 Å². The maximum atomic E-state index is 5.25. The monoisotopic (exact) mass is 208 g/mol. The van der Waals surface area contributed by atoms with Crippen molar-refractivity contribution >= 4 is 18.5 Å². The summed E-state index contributed by atoms with van der Waals surface area (Å²) < 4.78 is 0. The smallest absolute Gasteiger partial charge is 0.242 e. The molecular formula is C10H12N2OS. The molecule has 1 atom stereocenters. The van der Waals surface area contributed by atoms with Crippen LogP contribution in [0.15, 0.2) is 28.1 Å². The first-order chi connectivity index (χ1) is 6.66. The van der Waals surface area contributed by atoms with Crippen molar-refractivity contribution in [1.29, 1.82) is 0 Å². The van der Waals surface area contributed by atoms with Crippen molar-refractivity contribution in [1.82, 2.24) is 5.48 Å². The predicted octanol–water partition coefficient (Wildman–Crippen LogP) is 1.91. The van der Waals surface area contributed by atoms with Gasteiger partial charge in [-0.3, -0.25) is 0 Å². The van der Waals surface area contributed by atoms with Crippen LogP contribution in [0.4, 0.5) is 0 Å². The lowest BCUT2D eigenvalue weighted by molar-refractivity contribution is 0.186. The van der Waals surface area contributed by atoms with Crippen molar-refractivity contribution < 1.29 is 4.84 Å². The third-order valence-electron chi connectivity index (χ3n) is 2.09. The van der Waals surface area contributed by atoms with E-state index >= 15 is 0 Å². The number of hydroxylamine groups is 1. The average Bonchev–Trinajstić information content (AvgIpc) is 2.56. The molecule has 1 unspecified atom stereocenters. The van der Waals surface area contributed by atoms with Gasteiger partial charge in [0.1, 0.15) is 6.17 Å². The Morgan fingerprint density at radius 3 is 2.93 bits per heavy atom. The summed E-state index contributed by atoms with van der Waals surface area (Å²) in [6, 6.07) is 5.91. The molecular weight excluding hydrogens is 196 g/mol. The summed E-state index contributed by atoms with van der Waals surface area (Å²) in [6.07, 6.45) is 0.0213. The van der Waals surface area contributed by atoms with Crippen LogP contribution < -0.4 is 5.48 Å². The van der Waals surface area contributed by atoms with Crippen molar-refractivity contribution in [3.63, 3.8) is 0 Å². The minimum absolute atomic E-state index is 0.0213. The molecule has 0 saturated carbocycles. The van der Waals surface area contributed by atoms with Gasteiger partial charge >= 0.3 is 0 Å².